The number of rotatable bonds is 2. The van der Waals surface area contributed by atoms with E-state index in [-0.39, 0.29) is 0 Å². The fourth-order valence-electron chi connectivity index (χ4n) is 1.22. The van der Waals surface area contributed by atoms with Crippen LogP contribution in [0.2, 0.25) is 0 Å². The van der Waals surface area contributed by atoms with Crippen molar-refractivity contribution in [2.24, 2.45) is 0 Å². The number of hydrogen-bond donors (Lipinski definition) is 1. The number of benzene rings is 2. The van der Waals surface area contributed by atoms with Crippen molar-refractivity contribution in [3.05, 3.63) is 52.1 Å². The van der Waals surface area contributed by atoms with Gasteiger partial charge in [-0.05, 0) is 52.9 Å². The van der Waals surface area contributed by atoms with E-state index < -0.39 is 0 Å². The van der Waals surface area contributed by atoms with E-state index in [4.69, 9.17) is 10.5 Å². The lowest BCUT2D eigenvalue weighted by Gasteiger charge is -2.07. The molecule has 0 radical (unpaired) electrons. The van der Waals surface area contributed by atoms with E-state index in [2.05, 4.69) is 22.6 Å². The number of ether oxygens (including phenoxy) is 1. The Labute approximate surface area is 102 Å². The lowest BCUT2D eigenvalue weighted by atomic mass is 10.3. The summed E-state index contributed by atoms with van der Waals surface area (Å²) in [5.74, 6) is 1.66. The molecule has 0 fully saturated rings. The van der Waals surface area contributed by atoms with Gasteiger partial charge in [-0.2, -0.15) is 0 Å². The molecule has 0 spiro atoms. The van der Waals surface area contributed by atoms with Crippen LogP contribution in [0.1, 0.15) is 0 Å². The van der Waals surface area contributed by atoms with Gasteiger partial charge in [-0.15, -0.1) is 0 Å². The van der Waals surface area contributed by atoms with Gasteiger partial charge in [0.2, 0.25) is 0 Å². The van der Waals surface area contributed by atoms with Crippen LogP contribution >= 0.6 is 22.6 Å². The Kier molecular flexibility index (Phi) is 3.11. The number of anilines is 1. The molecule has 0 aliphatic carbocycles. The van der Waals surface area contributed by atoms with Gasteiger partial charge in [0.1, 0.15) is 11.5 Å². The summed E-state index contributed by atoms with van der Waals surface area (Å²) in [6, 6.07) is 15.3. The monoisotopic (exact) mass is 311 g/mol. The number of hydrogen-bond acceptors (Lipinski definition) is 2. The lowest BCUT2D eigenvalue weighted by Crippen LogP contribution is -1.90. The zero-order valence-electron chi connectivity index (χ0n) is 7.98. The fourth-order valence-corrected chi connectivity index (χ4v) is 1.86. The van der Waals surface area contributed by atoms with Crippen LogP contribution in [0.15, 0.2) is 48.5 Å². The lowest BCUT2D eigenvalue weighted by molar-refractivity contribution is 0.479. The molecule has 2 aromatic carbocycles. The molecule has 0 unspecified atom stereocenters. The fraction of sp³-hybridized carbons (Fsp3) is 0. The summed E-state index contributed by atoms with van der Waals surface area (Å²) < 4.78 is 6.71. The molecule has 0 amide bonds. The van der Waals surface area contributed by atoms with E-state index in [1.54, 1.807) is 0 Å². The normalized spacial score (nSPS) is 9.93. The Morgan fingerprint density at radius 1 is 1.00 bits per heavy atom. The van der Waals surface area contributed by atoms with Crippen LogP contribution in [0.5, 0.6) is 11.5 Å². The van der Waals surface area contributed by atoms with Gasteiger partial charge in [-0.1, -0.05) is 18.2 Å². The van der Waals surface area contributed by atoms with E-state index in [1.165, 1.54) is 0 Å². The van der Waals surface area contributed by atoms with Crippen molar-refractivity contribution in [3.8, 4) is 11.5 Å². The van der Waals surface area contributed by atoms with Crippen molar-refractivity contribution in [3.63, 3.8) is 0 Å². The van der Waals surface area contributed by atoms with Gasteiger partial charge in [-0.3, -0.25) is 0 Å². The molecule has 0 aliphatic heterocycles. The summed E-state index contributed by atoms with van der Waals surface area (Å²) in [5, 5.41) is 0. The molecule has 0 saturated carbocycles. The first-order valence-corrected chi connectivity index (χ1v) is 5.61. The maximum absolute atomic E-state index is 5.70. The molecule has 3 heteroatoms. The summed E-state index contributed by atoms with van der Waals surface area (Å²) in [6.07, 6.45) is 0. The second-order valence-corrected chi connectivity index (χ2v) is 4.27. The Bertz CT molecular complexity index is 456. The van der Waals surface area contributed by atoms with Crippen molar-refractivity contribution in [1.29, 1.82) is 0 Å². The maximum Gasteiger partial charge on any atom is 0.140 e. The standard InChI is InChI=1S/C12H10INO/c13-11-8-9(14)6-7-12(11)15-10-4-2-1-3-5-10/h1-8H,14H2. The molecule has 0 heterocycles. The highest BCUT2D eigenvalue weighted by molar-refractivity contribution is 14.1. The average molecular weight is 311 g/mol. The van der Waals surface area contributed by atoms with Crippen LogP contribution in [0.25, 0.3) is 0 Å². The zero-order chi connectivity index (χ0) is 10.7. The molecule has 2 rings (SSSR count). The van der Waals surface area contributed by atoms with Crippen molar-refractivity contribution in [1.82, 2.24) is 0 Å². The van der Waals surface area contributed by atoms with Crippen LogP contribution in [0, 0.1) is 3.57 Å². The van der Waals surface area contributed by atoms with E-state index in [0.717, 1.165) is 20.8 Å². The summed E-state index contributed by atoms with van der Waals surface area (Å²) in [4.78, 5) is 0. The molecule has 0 saturated heterocycles. The largest absolute Gasteiger partial charge is 0.456 e. The molecule has 0 aliphatic rings. The van der Waals surface area contributed by atoms with Crippen LogP contribution in [-0.2, 0) is 0 Å². The van der Waals surface area contributed by atoms with Crippen molar-refractivity contribution in [2.45, 2.75) is 0 Å². The third-order valence-corrected chi connectivity index (χ3v) is 2.77. The zero-order valence-corrected chi connectivity index (χ0v) is 10.1. The van der Waals surface area contributed by atoms with Gasteiger partial charge in [0.25, 0.3) is 0 Å². The second-order valence-electron chi connectivity index (χ2n) is 3.10. The Hall–Kier alpha value is -1.23. The maximum atomic E-state index is 5.70. The Morgan fingerprint density at radius 3 is 2.40 bits per heavy atom. The number of halogens is 1. The Balaban J connectivity index is 2.25. The summed E-state index contributed by atoms with van der Waals surface area (Å²) in [5.41, 5.74) is 6.41. The molecule has 2 nitrogen and oxygen atoms in total. The summed E-state index contributed by atoms with van der Waals surface area (Å²) >= 11 is 2.21. The van der Waals surface area contributed by atoms with E-state index in [9.17, 15) is 0 Å². The first-order chi connectivity index (χ1) is 7.25. The molecule has 15 heavy (non-hydrogen) atoms. The number of nitrogen functional groups attached to an aromatic ring is 1. The van der Waals surface area contributed by atoms with Gasteiger partial charge < -0.3 is 10.5 Å². The highest BCUT2D eigenvalue weighted by Gasteiger charge is 2.01. The SMILES string of the molecule is Nc1ccc(Oc2ccccc2)c(I)c1. The topological polar surface area (TPSA) is 35.2 Å². The first-order valence-electron chi connectivity index (χ1n) is 4.53. The summed E-state index contributed by atoms with van der Waals surface area (Å²) in [7, 11) is 0. The van der Waals surface area contributed by atoms with Crippen molar-refractivity contribution < 1.29 is 4.74 Å². The average Bonchev–Trinajstić information content (AvgIpc) is 2.24. The van der Waals surface area contributed by atoms with Gasteiger partial charge in [0.05, 0.1) is 3.57 Å². The summed E-state index contributed by atoms with van der Waals surface area (Å²) in [6.45, 7) is 0. The molecule has 2 N–H and O–H groups in total. The van der Waals surface area contributed by atoms with Crippen LogP contribution in [0.4, 0.5) is 5.69 Å². The van der Waals surface area contributed by atoms with E-state index in [1.807, 2.05) is 48.5 Å². The first kappa shape index (κ1) is 10.3. The predicted molar refractivity (Wildman–Crippen MR) is 70.1 cm³/mol. The van der Waals surface area contributed by atoms with Crippen molar-refractivity contribution in [2.75, 3.05) is 5.73 Å². The molecular weight excluding hydrogens is 301 g/mol. The second kappa shape index (κ2) is 4.53. The van der Waals surface area contributed by atoms with Crippen LogP contribution in [0.3, 0.4) is 0 Å². The Morgan fingerprint density at radius 2 is 1.73 bits per heavy atom. The predicted octanol–water partition coefficient (Wildman–Crippen LogP) is 3.67. The number of para-hydroxylation sites is 1. The third kappa shape index (κ3) is 2.62. The molecule has 0 bridgehead atoms. The smallest absolute Gasteiger partial charge is 0.140 e. The van der Waals surface area contributed by atoms with Gasteiger partial charge in [-0.25, -0.2) is 0 Å². The minimum atomic E-state index is 0.750. The molecule has 0 atom stereocenters. The van der Waals surface area contributed by atoms with Gasteiger partial charge >= 0.3 is 0 Å². The molecular formula is C12H10INO. The quantitative estimate of drug-likeness (QED) is 0.678. The highest BCUT2D eigenvalue weighted by Crippen LogP contribution is 2.27. The highest BCUT2D eigenvalue weighted by atomic mass is 127. The van der Waals surface area contributed by atoms with Crippen LogP contribution < -0.4 is 10.5 Å². The molecule has 76 valence electrons. The van der Waals surface area contributed by atoms with Crippen molar-refractivity contribution >= 4 is 28.3 Å². The van der Waals surface area contributed by atoms with E-state index in [0.29, 0.717) is 0 Å². The van der Waals surface area contributed by atoms with Gasteiger partial charge in [0, 0.05) is 5.69 Å². The minimum Gasteiger partial charge on any atom is -0.456 e. The molecule has 2 aromatic rings. The van der Waals surface area contributed by atoms with Gasteiger partial charge in [0.15, 0.2) is 0 Å². The van der Waals surface area contributed by atoms with E-state index >= 15 is 0 Å². The molecule has 0 aromatic heterocycles. The third-order valence-electron chi connectivity index (χ3n) is 1.93. The minimum absolute atomic E-state index is 0.750. The number of nitrogens with two attached hydrogens (primary N) is 1. The van der Waals surface area contributed by atoms with Crippen LogP contribution in [-0.4, -0.2) is 0 Å².